The van der Waals surface area contributed by atoms with Crippen LogP contribution in [-0.2, 0) is 31.9 Å². The first-order chi connectivity index (χ1) is 40.8. The summed E-state index contributed by atoms with van der Waals surface area (Å²) in [4.78, 5) is 8.27. The molecule has 1 aliphatic heterocycles. The number of aromatic nitrogens is 2. The standard InChI is InChI=1S/C74H53F6N4O.Pt/c1-73(2,3)50-27-28-81-69(36-50)84-65-22-14-13-21-57(65)58-26-25-55(42-68(58)84)85-56-33-49(48-30-46(44-17-9-7-10-18-44)29-47(31-48)45-19-11-8-12-20-45)32-54(41-56)82-43-83(67-24-16-15-23-66(67)82)72-59(70-61(77)37-52(75)38-62(70)78)34-51(74(4,5)6)35-60(72)71-63(79)39-53(76)40-64(71)80;/h7-40,43H,1-6H3;/q-3;. The number of para-hydroxylation sites is 3. The molecular formula is C74H53F6N4OPt-3. The van der Waals surface area contributed by atoms with Crippen molar-refractivity contribution in [3.63, 3.8) is 0 Å². The molecule has 430 valence electrons. The average molecular weight is 1320 g/mol. The Labute approximate surface area is 509 Å². The van der Waals surface area contributed by atoms with Crippen LogP contribution in [0.15, 0.2) is 206 Å². The first-order valence-corrected chi connectivity index (χ1v) is 27.8. The SMILES string of the molecule is CC(C)(C)c1ccnc(-n2c3[c-]c(Oc4[c-]c(N5[CH-]N(c6c(-c7c(F)cc(F)cc7F)cc(C(C)(C)C)cc6-c6c(F)cc(F)cc6F)c6ccccc65)cc(-c5cc(-c6ccccc6)cc(-c6ccccc6)c5)c4)ccc3c3ccccc32)c1.[Pt]. The number of fused-ring (bicyclic) bond motifs is 4. The smallest absolute Gasteiger partial charge is 0.136 e. The van der Waals surface area contributed by atoms with Crippen LogP contribution in [0.3, 0.4) is 0 Å². The zero-order valence-electron chi connectivity index (χ0n) is 47.5. The van der Waals surface area contributed by atoms with E-state index in [9.17, 15) is 8.78 Å². The second-order valence-corrected chi connectivity index (χ2v) is 23.3. The summed E-state index contributed by atoms with van der Waals surface area (Å²) < 4.78 is 105. The summed E-state index contributed by atoms with van der Waals surface area (Å²) >= 11 is 0. The Morgan fingerprint density at radius 3 is 1.50 bits per heavy atom. The minimum atomic E-state index is -1.25. The van der Waals surface area contributed by atoms with E-state index in [4.69, 9.17) is 9.72 Å². The maximum atomic E-state index is 16.5. The van der Waals surface area contributed by atoms with Gasteiger partial charge >= 0.3 is 0 Å². The van der Waals surface area contributed by atoms with Crippen LogP contribution in [0, 0.1) is 53.7 Å². The fourth-order valence-corrected chi connectivity index (χ4v) is 11.4. The third kappa shape index (κ3) is 10.6. The molecule has 0 N–H and O–H groups in total. The van der Waals surface area contributed by atoms with E-state index in [1.54, 1.807) is 35.8 Å². The molecule has 12 aromatic rings. The molecule has 3 heterocycles. The van der Waals surface area contributed by atoms with Gasteiger partial charge in [0, 0.05) is 96.7 Å². The quantitative estimate of drug-likeness (QED) is 0.101. The normalized spacial score (nSPS) is 12.5. The molecule has 0 amide bonds. The average Bonchev–Trinajstić information content (AvgIpc) is 1.69. The second-order valence-electron chi connectivity index (χ2n) is 23.3. The molecule has 2 aromatic heterocycles. The summed E-state index contributed by atoms with van der Waals surface area (Å²) in [5.74, 6) is -5.93. The van der Waals surface area contributed by atoms with Gasteiger partial charge in [-0.1, -0.05) is 138 Å². The molecule has 0 bridgehead atoms. The van der Waals surface area contributed by atoms with Crippen LogP contribution < -0.4 is 14.5 Å². The molecule has 0 aliphatic carbocycles. The number of pyridine rings is 1. The fraction of sp³-hybridized carbons (Fsp3) is 0.108. The van der Waals surface area contributed by atoms with E-state index in [2.05, 4.69) is 98.1 Å². The van der Waals surface area contributed by atoms with E-state index in [-0.39, 0.29) is 49.0 Å². The minimum absolute atomic E-state index is 0. The number of hydrogen-bond donors (Lipinski definition) is 0. The molecule has 0 fully saturated rings. The first-order valence-electron chi connectivity index (χ1n) is 27.8. The predicted octanol–water partition coefficient (Wildman–Crippen LogP) is 20.7. The van der Waals surface area contributed by atoms with Crippen molar-refractivity contribution in [3.05, 3.63) is 271 Å². The molecule has 0 atom stereocenters. The van der Waals surface area contributed by atoms with Gasteiger partial charge in [0.25, 0.3) is 0 Å². The van der Waals surface area contributed by atoms with Crippen molar-refractivity contribution in [2.75, 3.05) is 9.80 Å². The van der Waals surface area contributed by atoms with Crippen LogP contribution >= 0.6 is 0 Å². The summed E-state index contributed by atoms with van der Waals surface area (Å²) in [6.07, 6.45) is 1.82. The maximum absolute atomic E-state index is 16.5. The molecule has 13 rings (SSSR count). The van der Waals surface area contributed by atoms with E-state index in [0.717, 1.165) is 61.0 Å². The van der Waals surface area contributed by atoms with Gasteiger partial charge in [0.15, 0.2) is 0 Å². The summed E-state index contributed by atoms with van der Waals surface area (Å²) in [6, 6.07) is 66.2. The second kappa shape index (κ2) is 22.3. The van der Waals surface area contributed by atoms with E-state index >= 15 is 17.6 Å². The van der Waals surface area contributed by atoms with Crippen molar-refractivity contribution >= 4 is 44.6 Å². The van der Waals surface area contributed by atoms with Crippen molar-refractivity contribution in [2.45, 2.75) is 52.4 Å². The number of nitrogens with zero attached hydrogens (tertiary/aromatic N) is 4. The van der Waals surface area contributed by atoms with Gasteiger partial charge in [-0.25, -0.2) is 31.3 Å². The van der Waals surface area contributed by atoms with Gasteiger partial charge in [-0.05, 0) is 116 Å². The van der Waals surface area contributed by atoms with Crippen LogP contribution in [0.5, 0.6) is 11.5 Å². The Morgan fingerprint density at radius 2 is 0.942 bits per heavy atom. The van der Waals surface area contributed by atoms with Crippen molar-refractivity contribution in [2.24, 2.45) is 0 Å². The van der Waals surface area contributed by atoms with Crippen LogP contribution in [0.1, 0.15) is 52.7 Å². The predicted molar refractivity (Wildman–Crippen MR) is 329 cm³/mol. The summed E-state index contributed by atoms with van der Waals surface area (Å²) in [7, 11) is 0. The van der Waals surface area contributed by atoms with Crippen molar-refractivity contribution in [3.8, 4) is 73.0 Å². The van der Waals surface area contributed by atoms with E-state index < -0.39 is 51.4 Å². The molecule has 86 heavy (non-hydrogen) atoms. The third-order valence-corrected chi connectivity index (χ3v) is 15.6. The summed E-state index contributed by atoms with van der Waals surface area (Å²) in [5, 5.41) is 1.95. The molecule has 12 heteroatoms. The van der Waals surface area contributed by atoms with Gasteiger partial charge in [0.2, 0.25) is 0 Å². The van der Waals surface area contributed by atoms with E-state index in [0.29, 0.717) is 58.2 Å². The molecule has 0 radical (unpaired) electrons. The Kier molecular flexibility index (Phi) is 14.9. The number of benzene rings is 10. The first kappa shape index (κ1) is 57.3. The largest absolute Gasteiger partial charge is 0.509 e. The zero-order valence-corrected chi connectivity index (χ0v) is 49.8. The summed E-state index contributed by atoms with van der Waals surface area (Å²) in [6.45, 7) is 13.6. The number of hydrogen-bond acceptors (Lipinski definition) is 4. The maximum Gasteiger partial charge on any atom is 0.136 e. The summed E-state index contributed by atoms with van der Waals surface area (Å²) in [5.41, 5.74) is 7.43. The van der Waals surface area contributed by atoms with Crippen LogP contribution in [-0.4, -0.2) is 9.55 Å². The number of anilines is 4. The monoisotopic (exact) mass is 1320 g/mol. The number of halogens is 6. The Balaban J connectivity index is 0.00000724. The Hall–Kier alpha value is -9.18. The van der Waals surface area contributed by atoms with Gasteiger partial charge in [0.1, 0.15) is 40.7 Å². The number of rotatable bonds is 10. The molecular weight excluding hydrogens is 1270 g/mol. The van der Waals surface area contributed by atoms with Gasteiger partial charge in [-0.2, -0.15) is 6.07 Å². The molecule has 0 spiro atoms. The molecule has 1 aliphatic rings. The third-order valence-electron chi connectivity index (χ3n) is 15.6. The fourth-order valence-electron chi connectivity index (χ4n) is 11.4. The van der Waals surface area contributed by atoms with Gasteiger partial charge in [0.05, 0.1) is 11.1 Å². The van der Waals surface area contributed by atoms with Gasteiger partial charge in [-0.15, -0.1) is 53.6 Å². The molecule has 0 unspecified atom stereocenters. The topological polar surface area (TPSA) is 33.5 Å². The molecule has 10 aromatic carbocycles. The van der Waals surface area contributed by atoms with Crippen LogP contribution in [0.2, 0.25) is 0 Å². The van der Waals surface area contributed by atoms with Crippen molar-refractivity contribution in [1.82, 2.24) is 9.55 Å². The Bertz CT molecular complexity index is 4430. The molecule has 5 nitrogen and oxygen atoms in total. The van der Waals surface area contributed by atoms with Crippen molar-refractivity contribution in [1.29, 1.82) is 0 Å². The van der Waals surface area contributed by atoms with E-state index in [1.807, 2.05) is 123 Å². The van der Waals surface area contributed by atoms with Gasteiger partial charge in [-0.3, -0.25) is 0 Å². The molecule has 0 saturated carbocycles. The minimum Gasteiger partial charge on any atom is -0.509 e. The number of ether oxygens (including phenoxy) is 1. The molecule has 0 saturated heterocycles. The Morgan fingerprint density at radius 1 is 0.442 bits per heavy atom. The van der Waals surface area contributed by atoms with Crippen LogP contribution in [0.4, 0.5) is 49.1 Å². The van der Waals surface area contributed by atoms with Crippen LogP contribution in [0.25, 0.3) is 83.3 Å². The van der Waals surface area contributed by atoms with Crippen molar-refractivity contribution < 1.29 is 52.1 Å². The van der Waals surface area contributed by atoms with Gasteiger partial charge < -0.3 is 19.1 Å². The zero-order chi connectivity index (χ0) is 59.1. The van der Waals surface area contributed by atoms with E-state index in [1.165, 1.54) is 0 Å².